The molecule has 0 N–H and O–H groups in total. The summed E-state index contributed by atoms with van der Waals surface area (Å²) in [6.45, 7) is 5.29. The molecule has 3 heterocycles. The summed E-state index contributed by atoms with van der Waals surface area (Å²) in [6.07, 6.45) is 3.32. The molecule has 0 unspecified atom stereocenters. The van der Waals surface area contributed by atoms with Crippen LogP contribution in [-0.2, 0) is 6.54 Å². The zero-order valence-corrected chi connectivity index (χ0v) is 15.3. The molecule has 0 spiro atoms. The molecule has 2 aromatic heterocycles. The molecule has 1 aliphatic heterocycles. The van der Waals surface area contributed by atoms with Gasteiger partial charge in [0.1, 0.15) is 12.4 Å². The first-order chi connectivity index (χ1) is 13.1. The third-order valence-electron chi connectivity index (χ3n) is 4.71. The van der Waals surface area contributed by atoms with Gasteiger partial charge in [0.2, 0.25) is 5.89 Å². The van der Waals surface area contributed by atoms with Crippen LogP contribution in [0.15, 0.2) is 35.1 Å². The van der Waals surface area contributed by atoms with E-state index < -0.39 is 0 Å². The summed E-state index contributed by atoms with van der Waals surface area (Å²) in [5, 5.41) is 15.1. The van der Waals surface area contributed by atoms with Crippen LogP contribution in [0, 0.1) is 0 Å². The molecule has 1 aliphatic rings. The molecule has 9 nitrogen and oxygen atoms in total. The standard InChI is InChI=1S/C18H21N7O2/c1-12(2)16-20-17(27-21-16)15-4-3-9-25(15)18(26)14-7-5-13(6-8-14)10-24-11-19-22-23-24/h5-8,11-12,15H,3-4,9-10H2,1-2H3/t15-/m1/s1. The first kappa shape index (κ1) is 17.3. The third-order valence-corrected chi connectivity index (χ3v) is 4.71. The average Bonchev–Trinajstić information content (AvgIpc) is 3.42. The van der Waals surface area contributed by atoms with Crippen LogP contribution in [0.5, 0.6) is 0 Å². The largest absolute Gasteiger partial charge is 0.337 e. The summed E-state index contributed by atoms with van der Waals surface area (Å²) in [4.78, 5) is 19.3. The maximum atomic E-state index is 13.0. The molecular formula is C18H21N7O2. The predicted molar refractivity (Wildman–Crippen MR) is 94.8 cm³/mol. The summed E-state index contributed by atoms with van der Waals surface area (Å²) in [7, 11) is 0. The molecule has 9 heteroatoms. The fourth-order valence-electron chi connectivity index (χ4n) is 3.24. The number of hydrogen-bond acceptors (Lipinski definition) is 7. The number of carbonyl (C=O) groups is 1. The lowest BCUT2D eigenvalue weighted by atomic mass is 10.1. The molecule has 0 radical (unpaired) electrons. The van der Waals surface area contributed by atoms with Crippen molar-refractivity contribution in [2.24, 2.45) is 0 Å². The molecule has 1 aromatic carbocycles. The van der Waals surface area contributed by atoms with E-state index in [0.717, 1.165) is 18.4 Å². The van der Waals surface area contributed by atoms with Gasteiger partial charge in [0.15, 0.2) is 5.82 Å². The number of aromatic nitrogens is 6. The molecule has 1 saturated heterocycles. The van der Waals surface area contributed by atoms with Gasteiger partial charge in [-0.15, -0.1) is 5.10 Å². The molecule has 0 saturated carbocycles. The SMILES string of the molecule is CC(C)c1noc([C@H]2CCCN2C(=O)c2ccc(Cn3cnnn3)cc2)n1. The minimum absolute atomic E-state index is 0.0178. The van der Waals surface area contributed by atoms with Gasteiger partial charge in [-0.05, 0) is 41.0 Å². The number of likely N-dealkylation sites (tertiary alicyclic amines) is 1. The molecule has 27 heavy (non-hydrogen) atoms. The number of amides is 1. The Kier molecular flexibility index (Phi) is 4.66. The van der Waals surface area contributed by atoms with Gasteiger partial charge in [0, 0.05) is 18.0 Å². The number of nitrogens with zero attached hydrogens (tertiary/aromatic N) is 7. The first-order valence-electron chi connectivity index (χ1n) is 9.06. The van der Waals surface area contributed by atoms with Crippen molar-refractivity contribution in [2.45, 2.75) is 45.2 Å². The molecule has 1 amide bonds. The quantitative estimate of drug-likeness (QED) is 0.681. The van der Waals surface area contributed by atoms with Crippen molar-refractivity contribution in [3.8, 4) is 0 Å². The van der Waals surface area contributed by atoms with E-state index in [9.17, 15) is 4.79 Å². The fraction of sp³-hybridized carbons (Fsp3) is 0.444. The van der Waals surface area contributed by atoms with E-state index in [2.05, 4.69) is 25.7 Å². The topological polar surface area (TPSA) is 103 Å². The average molecular weight is 367 g/mol. The van der Waals surface area contributed by atoms with Crippen LogP contribution >= 0.6 is 0 Å². The maximum absolute atomic E-state index is 13.0. The highest BCUT2D eigenvalue weighted by Gasteiger charge is 2.34. The van der Waals surface area contributed by atoms with Crippen molar-refractivity contribution >= 4 is 5.91 Å². The van der Waals surface area contributed by atoms with Crippen LogP contribution in [0.2, 0.25) is 0 Å². The highest BCUT2D eigenvalue weighted by molar-refractivity contribution is 5.94. The van der Waals surface area contributed by atoms with E-state index in [1.807, 2.05) is 43.0 Å². The van der Waals surface area contributed by atoms with Gasteiger partial charge in [0.25, 0.3) is 5.91 Å². The normalized spacial score (nSPS) is 17.0. The van der Waals surface area contributed by atoms with Gasteiger partial charge in [0.05, 0.1) is 6.54 Å². The summed E-state index contributed by atoms with van der Waals surface area (Å²) < 4.78 is 7.06. The van der Waals surface area contributed by atoms with Crippen LogP contribution in [-0.4, -0.2) is 47.7 Å². The van der Waals surface area contributed by atoms with Crippen molar-refractivity contribution in [3.63, 3.8) is 0 Å². The highest BCUT2D eigenvalue weighted by Crippen LogP contribution is 2.32. The van der Waals surface area contributed by atoms with Crippen LogP contribution in [0.1, 0.15) is 66.3 Å². The molecule has 1 atom stereocenters. The Morgan fingerprint density at radius 1 is 1.30 bits per heavy atom. The minimum atomic E-state index is -0.154. The Hall–Kier alpha value is -3.10. The van der Waals surface area contributed by atoms with Crippen molar-refractivity contribution in [1.82, 2.24) is 35.2 Å². The van der Waals surface area contributed by atoms with Crippen molar-refractivity contribution in [2.75, 3.05) is 6.54 Å². The first-order valence-corrected chi connectivity index (χ1v) is 9.06. The highest BCUT2D eigenvalue weighted by atomic mass is 16.5. The lowest BCUT2D eigenvalue weighted by Gasteiger charge is -2.22. The Morgan fingerprint density at radius 2 is 2.11 bits per heavy atom. The summed E-state index contributed by atoms with van der Waals surface area (Å²) in [5.41, 5.74) is 1.67. The molecule has 3 aromatic rings. The molecule has 0 aliphatic carbocycles. The predicted octanol–water partition coefficient (Wildman–Crippen LogP) is 2.21. The zero-order valence-electron chi connectivity index (χ0n) is 15.3. The number of carbonyl (C=O) groups excluding carboxylic acids is 1. The lowest BCUT2D eigenvalue weighted by Crippen LogP contribution is -2.30. The molecule has 1 fully saturated rings. The third kappa shape index (κ3) is 3.57. The second-order valence-corrected chi connectivity index (χ2v) is 7.01. The Labute approximate surface area is 156 Å². The van der Waals surface area contributed by atoms with Crippen LogP contribution in [0.3, 0.4) is 0 Å². The van der Waals surface area contributed by atoms with Crippen molar-refractivity contribution in [1.29, 1.82) is 0 Å². The molecule has 4 rings (SSSR count). The Bertz CT molecular complexity index is 902. The maximum Gasteiger partial charge on any atom is 0.254 e. The van der Waals surface area contributed by atoms with Gasteiger partial charge < -0.3 is 9.42 Å². The van der Waals surface area contributed by atoms with E-state index in [0.29, 0.717) is 30.4 Å². The van der Waals surface area contributed by atoms with Crippen LogP contribution < -0.4 is 0 Å². The number of tetrazole rings is 1. The van der Waals surface area contributed by atoms with E-state index in [-0.39, 0.29) is 17.9 Å². The number of rotatable bonds is 5. The van der Waals surface area contributed by atoms with Gasteiger partial charge in [-0.25, -0.2) is 4.68 Å². The summed E-state index contributed by atoms with van der Waals surface area (Å²) in [5.74, 6) is 1.38. The summed E-state index contributed by atoms with van der Waals surface area (Å²) >= 11 is 0. The van der Waals surface area contributed by atoms with Crippen molar-refractivity contribution in [3.05, 3.63) is 53.4 Å². The smallest absolute Gasteiger partial charge is 0.254 e. The number of hydrogen-bond donors (Lipinski definition) is 0. The zero-order chi connectivity index (χ0) is 18.8. The van der Waals surface area contributed by atoms with E-state index in [1.165, 1.54) is 0 Å². The summed E-state index contributed by atoms with van der Waals surface area (Å²) in [6, 6.07) is 7.36. The monoisotopic (exact) mass is 367 g/mol. The lowest BCUT2D eigenvalue weighted by molar-refractivity contribution is 0.0710. The molecule has 0 bridgehead atoms. The molecule has 140 valence electrons. The van der Waals surface area contributed by atoms with Gasteiger partial charge in [-0.2, -0.15) is 4.98 Å². The fourth-order valence-corrected chi connectivity index (χ4v) is 3.24. The second kappa shape index (κ2) is 7.26. The Balaban J connectivity index is 1.49. The second-order valence-electron chi connectivity index (χ2n) is 7.01. The van der Waals surface area contributed by atoms with Crippen LogP contribution in [0.4, 0.5) is 0 Å². The van der Waals surface area contributed by atoms with E-state index >= 15 is 0 Å². The van der Waals surface area contributed by atoms with E-state index in [1.54, 1.807) is 11.0 Å². The van der Waals surface area contributed by atoms with E-state index in [4.69, 9.17) is 4.52 Å². The van der Waals surface area contributed by atoms with Crippen molar-refractivity contribution < 1.29 is 9.32 Å². The molecular weight excluding hydrogens is 346 g/mol. The number of benzene rings is 1. The van der Waals surface area contributed by atoms with Gasteiger partial charge >= 0.3 is 0 Å². The minimum Gasteiger partial charge on any atom is -0.337 e. The van der Waals surface area contributed by atoms with Gasteiger partial charge in [-0.1, -0.05) is 31.1 Å². The Morgan fingerprint density at radius 3 is 2.78 bits per heavy atom. The van der Waals surface area contributed by atoms with Crippen LogP contribution in [0.25, 0.3) is 0 Å². The van der Waals surface area contributed by atoms with Gasteiger partial charge in [-0.3, -0.25) is 4.79 Å².